The fourth-order valence-electron chi connectivity index (χ4n) is 6.88. The monoisotopic (exact) mass is 1010 g/mol. The number of hydrogen-bond acceptors (Lipinski definition) is 12. The summed E-state index contributed by atoms with van der Waals surface area (Å²) in [6, 6.07) is 5.07. The molecule has 0 bridgehead atoms. The Hall–Kier alpha value is 2.38. The summed E-state index contributed by atoms with van der Waals surface area (Å²) in [5.74, 6) is 8.38. The van der Waals surface area contributed by atoms with Crippen molar-refractivity contribution in [1.82, 2.24) is 0 Å². The second kappa shape index (κ2) is 28.4. The van der Waals surface area contributed by atoms with Crippen LogP contribution in [0.5, 0.6) is 0 Å². The Morgan fingerprint density at radius 2 is 0.569 bits per heavy atom. The molecule has 58 heavy (non-hydrogen) atoms. The third-order valence-corrected chi connectivity index (χ3v) is 29.3. The van der Waals surface area contributed by atoms with Crippen LogP contribution in [0, 0.1) is 23.7 Å². The predicted molar refractivity (Wildman–Crippen MR) is 291 cm³/mol. The Morgan fingerprint density at radius 3 is 0.776 bits per heavy atom. The molecule has 4 unspecified atom stereocenters. The van der Waals surface area contributed by atoms with Crippen molar-refractivity contribution in [2.75, 3.05) is 23.0 Å². The summed E-state index contributed by atoms with van der Waals surface area (Å²) in [7, 11) is 0. The first-order valence-electron chi connectivity index (χ1n) is 22.4. The van der Waals surface area contributed by atoms with Crippen LogP contribution >= 0.6 is 141 Å². The maximum absolute atomic E-state index is 2.53. The lowest BCUT2D eigenvalue weighted by molar-refractivity contribution is 0.500. The standard InChI is InChI=1S/C46H70S12/c1-9-17-21-31(13-5)27-47-39-40(48-28-32(14-6)22-18-10-2)56-45(55-39)43-51-35-25-37-38(26-36(35)52-43)54-44(53-37)46-57-41(49-29-33(15-7)23-19-11-3)42(58-46)50-30-34(16-8)24-20-12-4/h25-26,31-34H,9-24,27-30H2,1-8H3. The first-order valence-corrected chi connectivity index (χ1v) is 32.9. The average molecular weight is 1010 g/mol. The van der Waals surface area contributed by atoms with E-state index >= 15 is 0 Å². The summed E-state index contributed by atoms with van der Waals surface area (Å²) in [6.07, 6.45) is 21.4. The van der Waals surface area contributed by atoms with Crippen molar-refractivity contribution in [2.45, 2.75) is 178 Å². The Morgan fingerprint density at radius 1 is 0.345 bits per heavy atom. The molecular weight excluding hydrogens is 937 g/mol. The molecule has 4 atom stereocenters. The molecule has 5 rings (SSSR count). The van der Waals surface area contributed by atoms with Gasteiger partial charge in [-0.25, -0.2) is 0 Å². The van der Waals surface area contributed by atoms with Gasteiger partial charge in [-0.05, 0) is 61.5 Å². The van der Waals surface area contributed by atoms with Crippen LogP contribution in [0.25, 0.3) is 0 Å². The quantitative estimate of drug-likeness (QED) is 0.0785. The van der Waals surface area contributed by atoms with Gasteiger partial charge >= 0.3 is 0 Å². The molecule has 0 amide bonds. The van der Waals surface area contributed by atoms with Gasteiger partial charge in [-0.3, -0.25) is 0 Å². The van der Waals surface area contributed by atoms with Gasteiger partial charge in [-0.2, -0.15) is 0 Å². The molecule has 12 heteroatoms. The van der Waals surface area contributed by atoms with Gasteiger partial charge in [0, 0.05) is 42.6 Å². The SMILES string of the molecule is CCCCC(CC)CSC1=C(SCC(CC)CCCC)SC(=C2Sc3cc4c(cc3S2)SC(=C2SC(SCC(CC)CCCC)=C(SCC(CC)CCCC)S2)S4)S1. The molecule has 4 aliphatic rings. The van der Waals surface area contributed by atoms with Crippen LogP contribution in [0.1, 0.15) is 158 Å². The summed E-state index contributed by atoms with van der Waals surface area (Å²) < 4.78 is 12.4. The zero-order chi connectivity index (χ0) is 41.3. The van der Waals surface area contributed by atoms with Crippen LogP contribution in [0.4, 0.5) is 0 Å². The van der Waals surface area contributed by atoms with E-state index < -0.39 is 0 Å². The van der Waals surface area contributed by atoms with Gasteiger partial charge in [-0.15, -0.1) is 47.0 Å². The molecule has 4 aliphatic heterocycles. The highest BCUT2D eigenvalue weighted by Crippen LogP contribution is 2.68. The lowest BCUT2D eigenvalue weighted by Gasteiger charge is -2.16. The van der Waals surface area contributed by atoms with Gasteiger partial charge < -0.3 is 0 Å². The number of rotatable bonds is 28. The third kappa shape index (κ3) is 15.8. The van der Waals surface area contributed by atoms with Gasteiger partial charge in [0.15, 0.2) is 0 Å². The highest BCUT2D eigenvalue weighted by molar-refractivity contribution is 8.43. The van der Waals surface area contributed by atoms with Crippen molar-refractivity contribution in [1.29, 1.82) is 0 Å². The van der Waals surface area contributed by atoms with E-state index in [1.165, 1.54) is 162 Å². The van der Waals surface area contributed by atoms with Crippen molar-refractivity contribution in [3.63, 3.8) is 0 Å². The van der Waals surface area contributed by atoms with Crippen LogP contribution in [0.3, 0.4) is 0 Å². The van der Waals surface area contributed by atoms with Gasteiger partial charge in [0.2, 0.25) is 0 Å². The maximum atomic E-state index is 2.53. The van der Waals surface area contributed by atoms with E-state index in [-0.39, 0.29) is 0 Å². The van der Waals surface area contributed by atoms with E-state index in [0.717, 1.165) is 23.7 Å². The highest BCUT2D eigenvalue weighted by atomic mass is 32.3. The lowest BCUT2D eigenvalue weighted by Crippen LogP contribution is -2.03. The second-order valence-electron chi connectivity index (χ2n) is 15.8. The van der Waals surface area contributed by atoms with Crippen molar-refractivity contribution in [2.24, 2.45) is 23.7 Å². The first-order chi connectivity index (χ1) is 28.4. The van der Waals surface area contributed by atoms with Crippen LogP contribution in [-0.2, 0) is 0 Å². The summed E-state index contributed by atoms with van der Waals surface area (Å²) in [6.45, 7) is 18.9. The zero-order valence-electron chi connectivity index (χ0n) is 36.5. The smallest absolute Gasteiger partial charge is 0.0717 e. The molecule has 0 nitrogen and oxygen atoms in total. The number of fused-ring (bicyclic) bond motifs is 2. The van der Waals surface area contributed by atoms with Crippen molar-refractivity contribution < 1.29 is 0 Å². The van der Waals surface area contributed by atoms with Crippen molar-refractivity contribution in [3.05, 3.63) is 46.0 Å². The average Bonchev–Trinajstić information content (AvgIpc) is 4.05. The molecule has 0 N–H and O–H groups in total. The Labute approximate surface area is 407 Å². The maximum Gasteiger partial charge on any atom is 0.0717 e. The van der Waals surface area contributed by atoms with Crippen molar-refractivity contribution >= 4 is 141 Å². The first kappa shape index (κ1) is 51.4. The minimum absolute atomic E-state index is 0.830. The molecule has 326 valence electrons. The summed E-state index contributed by atoms with van der Waals surface area (Å²) in [5, 5.41) is 0. The minimum Gasteiger partial charge on any atom is -0.117 e. The highest BCUT2D eigenvalue weighted by Gasteiger charge is 2.34. The summed E-state index contributed by atoms with van der Waals surface area (Å²) >= 11 is 25.3. The van der Waals surface area contributed by atoms with E-state index in [0.29, 0.717) is 0 Å². The molecule has 0 aromatic heterocycles. The lowest BCUT2D eigenvalue weighted by atomic mass is 10.0. The molecule has 0 spiro atoms. The summed E-state index contributed by atoms with van der Waals surface area (Å²) in [5.41, 5.74) is 0. The van der Waals surface area contributed by atoms with E-state index in [1.54, 1.807) is 16.9 Å². The van der Waals surface area contributed by atoms with Gasteiger partial charge in [0.05, 0.1) is 33.9 Å². The third-order valence-electron chi connectivity index (χ3n) is 11.2. The Kier molecular flexibility index (Phi) is 25.2. The van der Waals surface area contributed by atoms with Gasteiger partial charge in [-0.1, -0.05) is 227 Å². The molecular formula is C46H70S12. The predicted octanol–water partition coefficient (Wildman–Crippen LogP) is 21.3. The summed E-state index contributed by atoms with van der Waals surface area (Å²) in [4.78, 5) is 5.86. The number of benzene rings is 1. The molecule has 0 radical (unpaired) electrons. The van der Waals surface area contributed by atoms with E-state index in [9.17, 15) is 0 Å². The fourth-order valence-corrected chi connectivity index (χ4v) is 25.5. The Balaban J connectivity index is 1.26. The van der Waals surface area contributed by atoms with Crippen LogP contribution in [0.2, 0.25) is 0 Å². The molecule has 4 heterocycles. The zero-order valence-corrected chi connectivity index (χ0v) is 46.3. The number of unbranched alkanes of at least 4 members (excludes halogenated alkanes) is 4. The fraction of sp³-hybridized carbons (Fsp3) is 0.696. The van der Waals surface area contributed by atoms with Crippen LogP contribution < -0.4 is 0 Å². The van der Waals surface area contributed by atoms with Crippen LogP contribution in [-0.4, -0.2) is 23.0 Å². The molecule has 1 aromatic rings. The molecule has 1 aromatic carbocycles. The molecule has 0 aliphatic carbocycles. The number of hydrogen-bond donors (Lipinski definition) is 0. The Bertz CT molecular complexity index is 1360. The van der Waals surface area contributed by atoms with E-state index in [1.807, 2.05) is 47.0 Å². The largest absolute Gasteiger partial charge is 0.117 e. The van der Waals surface area contributed by atoms with E-state index in [2.05, 4.69) is 162 Å². The number of thioether (sulfide) groups is 12. The molecule has 0 saturated carbocycles. The van der Waals surface area contributed by atoms with Crippen LogP contribution in [0.15, 0.2) is 65.6 Å². The second-order valence-corrected chi connectivity index (χ2v) is 30.3. The van der Waals surface area contributed by atoms with E-state index in [4.69, 9.17) is 0 Å². The van der Waals surface area contributed by atoms with Crippen molar-refractivity contribution in [3.8, 4) is 0 Å². The van der Waals surface area contributed by atoms with Gasteiger partial charge in [0.25, 0.3) is 0 Å². The minimum atomic E-state index is 0.830. The normalized spacial score (nSPS) is 18.9. The molecule has 0 fully saturated rings. The molecule has 0 saturated heterocycles. The van der Waals surface area contributed by atoms with Gasteiger partial charge in [0.1, 0.15) is 0 Å². The topological polar surface area (TPSA) is 0 Å².